The summed E-state index contributed by atoms with van der Waals surface area (Å²) in [5.74, 6) is -1.27. The lowest BCUT2D eigenvalue weighted by molar-refractivity contribution is -0.384. The third kappa shape index (κ3) is 4.33. The van der Waals surface area contributed by atoms with E-state index in [0.29, 0.717) is 5.02 Å². The first kappa shape index (κ1) is 18.0. The number of non-ortho nitro benzene ring substituents is 1. The monoisotopic (exact) mass is 372 g/mol. The highest BCUT2D eigenvalue weighted by Crippen LogP contribution is 2.28. The fraction of sp³-hybridized carbons (Fsp3) is 0.133. The molecule has 0 radical (unpaired) electrons. The number of hydrogen-bond acceptors (Lipinski definition) is 4. The molecule has 0 spiro atoms. The average Bonchev–Trinajstić information content (AvgIpc) is 2.51. The first-order chi connectivity index (χ1) is 11.3. The van der Waals surface area contributed by atoms with Crippen molar-refractivity contribution in [3.05, 3.63) is 62.4 Å². The Hall–Kier alpha value is -2.38. The summed E-state index contributed by atoms with van der Waals surface area (Å²) in [6.45, 7) is 1.43. The molecule has 1 amide bonds. The van der Waals surface area contributed by atoms with Gasteiger partial charge in [0, 0.05) is 17.2 Å². The lowest BCUT2D eigenvalue weighted by atomic mass is 10.2. The molecule has 24 heavy (non-hydrogen) atoms. The number of nitro groups is 1. The van der Waals surface area contributed by atoms with Crippen molar-refractivity contribution in [2.24, 2.45) is 0 Å². The van der Waals surface area contributed by atoms with Gasteiger partial charge in [0.2, 0.25) is 0 Å². The Bertz CT molecular complexity index is 801. The third-order valence-corrected chi connectivity index (χ3v) is 3.52. The van der Waals surface area contributed by atoms with E-state index in [-0.39, 0.29) is 22.1 Å². The molecule has 6 nitrogen and oxygen atoms in total. The zero-order valence-electron chi connectivity index (χ0n) is 12.3. The zero-order valence-corrected chi connectivity index (χ0v) is 13.8. The zero-order chi connectivity index (χ0) is 17.9. The molecule has 0 heterocycles. The van der Waals surface area contributed by atoms with Crippen molar-refractivity contribution in [2.75, 3.05) is 5.32 Å². The van der Waals surface area contributed by atoms with Crippen LogP contribution >= 0.6 is 23.2 Å². The van der Waals surface area contributed by atoms with Gasteiger partial charge in [0.05, 0.1) is 15.6 Å². The van der Waals surface area contributed by atoms with Gasteiger partial charge in [-0.15, -0.1) is 0 Å². The predicted molar refractivity (Wildman–Crippen MR) is 88.2 cm³/mol. The smallest absolute Gasteiger partial charge is 0.271 e. The van der Waals surface area contributed by atoms with Crippen LogP contribution in [0.15, 0.2) is 36.4 Å². The molecule has 1 atom stereocenters. The molecule has 2 rings (SSSR count). The number of nitrogens with one attached hydrogen (secondary N) is 1. The summed E-state index contributed by atoms with van der Waals surface area (Å²) >= 11 is 11.7. The molecule has 0 saturated heterocycles. The second-order valence-corrected chi connectivity index (χ2v) is 5.59. The molecule has 0 aliphatic heterocycles. The molecule has 2 aromatic rings. The van der Waals surface area contributed by atoms with E-state index in [0.717, 1.165) is 18.2 Å². The van der Waals surface area contributed by atoms with Crippen LogP contribution in [0.25, 0.3) is 0 Å². The lowest BCUT2D eigenvalue weighted by Crippen LogP contribution is -2.30. The number of amides is 1. The molecule has 126 valence electrons. The third-order valence-electron chi connectivity index (χ3n) is 2.99. The Morgan fingerprint density at radius 1 is 1.29 bits per heavy atom. The van der Waals surface area contributed by atoms with Crippen molar-refractivity contribution in [1.29, 1.82) is 0 Å². The topological polar surface area (TPSA) is 81.5 Å². The summed E-state index contributed by atoms with van der Waals surface area (Å²) in [5.41, 5.74) is -0.659. The summed E-state index contributed by atoms with van der Waals surface area (Å²) in [5, 5.41) is 13.6. The van der Waals surface area contributed by atoms with Crippen LogP contribution in [0.4, 0.5) is 15.8 Å². The molecule has 0 saturated carbocycles. The number of carbonyl (C=O) groups excluding carboxylic acids is 1. The summed E-state index contributed by atoms with van der Waals surface area (Å²) < 4.78 is 19.1. The molecule has 0 bridgehead atoms. The molecule has 0 unspecified atom stereocenters. The Morgan fingerprint density at radius 2 is 2.00 bits per heavy atom. The second-order valence-electron chi connectivity index (χ2n) is 4.75. The van der Waals surface area contributed by atoms with E-state index in [9.17, 15) is 19.3 Å². The van der Waals surface area contributed by atoms with Crippen LogP contribution in [0.3, 0.4) is 0 Å². The van der Waals surface area contributed by atoms with Gasteiger partial charge < -0.3 is 10.1 Å². The van der Waals surface area contributed by atoms with Crippen LogP contribution in [-0.4, -0.2) is 16.9 Å². The van der Waals surface area contributed by atoms with E-state index in [2.05, 4.69) is 5.32 Å². The van der Waals surface area contributed by atoms with Gasteiger partial charge >= 0.3 is 0 Å². The quantitative estimate of drug-likeness (QED) is 0.620. The Morgan fingerprint density at radius 3 is 2.62 bits per heavy atom. The van der Waals surface area contributed by atoms with Gasteiger partial charge in [-0.25, -0.2) is 4.39 Å². The fourth-order valence-electron chi connectivity index (χ4n) is 1.77. The Kier molecular flexibility index (Phi) is 5.58. The second kappa shape index (κ2) is 7.46. The highest BCUT2D eigenvalue weighted by Gasteiger charge is 2.19. The summed E-state index contributed by atoms with van der Waals surface area (Å²) in [6, 6.07) is 7.29. The van der Waals surface area contributed by atoms with Crippen molar-refractivity contribution in [3.8, 4) is 5.75 Å². The van der Waals surface area contributed by atoms with Gasteiger partial charge in [0.15, 0.2) is 6.10 Å². The van der Waals surface area contributed by atoms with Crippen LogP contribution in [0.1, 0.15) is 6.92 Å². The van der Waals surface area contributed by atoms with Crippen LogP contribution in [0, 0.1) is 15.9 Å². The van der Waals surface area contributed by atoms with E-state index >= 15 is 0 Å². The normalized spacial score (nSPS) is 11.7. The van der Waals surface area contributed by atoms with Crippen molar-refractivity contribution in [2.45, 2.75) is 13.0 Å². The van der Waals surface area contributed by atoms with Crippen molar-refractivity contribution < 1.29 is 18.8 Å². The van der Waals surface area contributed by atoms with Gasteiger partial charge in [-0.1, -0.05) is 23.2 Å². The molecular formula is C15H11Cl2FN2O4. The number of halogens is 3. The number of ether oxygens (including phenoxy) is 1. The minimum Gasteiger partial charge on any atom is -0.479 e. The Balaban J connectivity index is 2.11. The molecule has 2 aromatic carbocycles. The van der Waals surface area contributed by atoms with Gasteiger partial charge in [0.25, 0.3) is 11.6 Å². The van der Waals surface area contributed by atoms with Crippen LogP contribution in [-0.2, 0) is 4.79 Å². The lowest BCUT2D eigenvalue weighted by Gasteiger charge is -2.16. The van der Waals surface area contributed by atoms with E-state index in [1.165, 1.54) is 25.1 Å². The highest BCUT2D eigenvalue weighted by molar-refractivity contribution is 6.35. The van der Waals surface area contributed by atoms with E-state index in [1.54, 1.807) is 0 Å². The predicted octanol–water partition coefficient (Wildman–Crippen LogP) is 4.45. The van der Waals surface area contributed by atoms with Crippen molar-refractivity contribution >= 4 is 40.5 Å². The van der Waals surface area contributed by atoms with Gasteiger partial charge in [0.1, 0.15) is 11.6 Å². The first-order valence-corrected chi connectivity index (χ1v) is 7.40. The Labute approximate surface area is 146 Å². The maximum Gasteiger partial charge on any atom is 0.271 e. The number of nitro benzene ring substituents is 1. The SMILES string of the molecule is C[C@H](Oc1ccc(Cl)cc1Cl)C(=O)Nc1cc([N+](=O)[O-])ccc1F. The minimum absolute atomic E-state index is 0.212. The molecule has 0 fully saturated rings. The average molecular weight is 373 g/mol. The standard InChI is InChI=1S/C15H11Cl2FN2O4/c1-8(24-14-5-2-9(16)6-11(14)17)15(21)19-13-7-10(20(22)23)3-4-12(13)18/h2-8H,1H3,(H,19,21)/t8-/m0/s1. The maximum absolute atomic E-state index is 13.7. The molecule has 9 heteroatoms. The van der Waals surface area contributed by atoms with Crippen LogP contribution in [0.2, 0.25) is 10.0 Å². The molecular weight excluding hydrogens is 362 g/mol. The number of anilines is 1. The molecule has 0 aliphatic carbocycles. The van der Waals surface area contributed by atoms with Crippen molar-refractivity contribution in [1.82, 2.24) is 0 Å². The van der Waals surface area contributed by atoms with E-state index in [1.807, 2.05) is 0 Å². The number of benzene rings is 2. The van der Waals surface area contributed by atoms with Gasteiger partial charge in [-0.2, -0.15) is 0 Å². The summed E-state index contributed by atoms with van der Waals surface area (Å²) in [7, 11) is 0. The van der Waals surface area contributed by atoms with Gasteiger partial charge in [-0.05, 0) is 31.2 Å². The van der Waals surface area contributed by atoms with E-state index < -0.39 is 22.8 Å². The first-order valence-electron chi connectivity index (χ1n) is 6.64. The van der Waals surface area contributed by atoms with Crippen molar-refractivity contribution in [3.63, 3.8) is 0 Å². The molecule has 0 aromatic heterocycles. The maximum atomic E-state index is 13.7. The number of nitrogens with zero attached hydrogens (tertiary/aromatic N) is 1. The number of hydrogen-bond donors (Lipinski definition) is 1. The van der Waals surface area contributed by atoms with Gasteiger partial charge in [-0.3, -0.25) is 14.9 Å². The minimum atomic E-state index is -1.03. The fourth-order valence-corrected chi connectivity index (χ4v) is 2.22. The van der Waals surface area contributed by atoms with Crippen LogP contribution in [0.5, 0.6) is 5.75 Å². The van der Waals surface area contributed by atoms with Crippen LogP contribution < -0.4 is 10.1 Å². The molecule has 0 aliphatic rings. The summed E-state index contributed by atoms with van der Waals surface area (Å²) in [6.07, 6.45) is -1.03. The van der Waals surface area contributed by atoms with E-state index in [4.69, 9.17) is 27.9 Å². The molecule has 1 N–H and O–H groups in total. The number of rotatable bonds is 5. The highest BCUT2D eigenvalue weighted by atomic mass is 35.5. The largest absolute Gasteiger partial charge is 0.479 e. The number of carbonyl (C=O) groups is 1. The summed E-state index contributed by atoms with van der Waals surface area (Å²) in [4.78, 5) is 22.1.